The van der Waals surface area contributed by atoms with Gasteiger partial charge in [-0.05, 0) is 54.5 Å². The number of esters is 1. The number of ether oxygens (including phenoxy) is 1. The van der Waals surface area contributed by atoms with E-state index in [1.54, 1.807) is 48.7 Å². The molecule has 0 unspecified atom stereocenters. The average molecular weight is 356 g/mol. The lowest BCUT2D eigenvalue weighted by atomic mass is 10.1. The van der Waals surface area contributed by atoms with Gasteiger partial charge in [0.05, 0.1) is 12.7 Å². The average Bonchev–Trinajstić information content (AvgIpc) is 2.73. The van der Waals surface area contributed by atoms with Crippen LogP contribution in [-0.2, 0) is 4.74 Å². The molecule has 1 aromatic heterocycles. The molecule has 0 saturated carbocycles. The molecular formula is C22H16N2O3. The summed E-state index contributed by atoms with van der Waals surface area (Å²) < 4.78 is 4.69. The molecule has 0 aliphatic heterocycles. The van der Waals surface area contributed by atoms with Gasteiger partial charge in [0.2, 0.25) is 0 Å². The van der Waals surface area contributed by atoms with E-state index in [1.807, 2.05) is 24.3 Å². The summed E-state index contributed by atoms with van der Waals surface area (Å²) in [5, 5.41) is 2.77. The topological polar surface area (TPSA) is 68.3 Å². The number of benzene rings is 2. The lowest BCUT2D eigenvalue weighted by molar-refractivity contribution is 0.0600. The number of hydrogen-bond acceptors (Lipinski definition) is 4. The minimum atomic E-state index is -0.460. The van der Waals surface area contributed by atoms with Crippen molar-refractivity contribution < 1.29 is 14.3 Å². The summed E-state index contributed by atoms with van der Waals surface area (Å²) in [6, 6.07) is 19.1. The Morgan fingerprint density at radius 2 is 1.74 bits per heavy atom. The molecule has 5 nitrogen and oxygen atoms in total. The maximum Gasteiger partial charge on any atom is 0.337 e. The Morgan fingerprint density at radius 3 is 2.52 bits per heavy atom. The van der Waals surface area contributed by atoms with Crippen molar-refractivity contribution in [2.24, 2.45) is 0 Å². The zero-order valence-electron chi connectivity index (χ0n) is 14.6. The summed E-state index contributed by atoms with van der Waals surface area (Å²) in [5.74, 6) is 5.20. The van der Waals surface area contributed by atoms with Crippen molar-refractivity contribution in [2.45, 2.75) is 0 Å². The van der Waals surface area contributed by atoms with Crippen molar-refractivity contribution in [1.82, 2.24) is 4.98 Å². The summed E-state index contributed by atoms with van der Waals surface area (Å²) in [6.07, 6.45) is 1.68. The number of methoxy groups -OCH3 is 1. The summed E-state index contributed by atoms with van der Waals surface area (Å²) in [4.78, 5) is 28.2. The molecule has 2 aromatic carbocycles. The molecule has 3 aromatic rings. The van der Waals surface area contributed by atoms with E-state index in [9.17, 15) is 9.59 Å². The molecule has 0 radical (unpaired) electrons. The third-order valence-electron chi connectivity index (χ3n) is 3.67. The first-order valence-electron chi connectivity index (χ1n) is 8.18. The van der Waals surface area contributed by atoms with Crippen molar-refractivity contribution in [3.63, 3.8) is 0 Å². The van der Waals surface area contributed by atoms with Crippen molar-refractivity contribution in [1.29, 1.82) is 0 Å². The summed E-state index contributed by atoms with van der Waals surface area (Å²) in [5.41, 5.74) is 2.70. The standard InChI is InChI=1S/C22H16N2O3/c1-27-22(26)18-8-5-10-20(15-18)24-21(25)17-7-4-6-16(14-17)11-12-19-9-2-3-13-23-19/h2-10,13-15H,1H3,(H,24,25). The van der Waals surface area contributed by atoms with E-state index in [2.05, 4.69) is 26.9 Å². The van der Waals surface area contributed by atoms with Gasteiger partial charge in [-0.15, -0.1) is 0 Å². The first-order valence-corrected chi connectivity index (χ1v) is 8.18. The zero-order chi connectivity index (χ0) is 19.1. The van der Waals surface area contributed by atoms with Gasteiger partial charge >= 0.3 is 5.97 Å². The monoisotopic (exact) mass is 356 g/mol. The van der Waals surface area contributed by atoms with E-state index in [0.29, 0.717) is 28.1 Å². The fourth-order valence-corrected chi connectivity index (χ4v) is 2.36. The van der Waals surface area contributed by atoms with Crippen LogP contribution in [-0.4, -0.2) is 24.0 Å². The highest BCUT2D eigenvalue weighted by atomic mass is 16.5. The Morgan fingerprint density at radius 1 is 0.926 bits per heavy atom. The Balaban J connectivity index is 1.76. The number of amides is 1. The molecule has 0 saturated heterocycles. The van der Waals surface area contributed by atoms with Crippen molar-refractivity contribution >= 4 is 17.6 Å². The number of nitrogens with one attached hydrogen (secondary N) is 1. The zero-order valence-corrected chi connectivity index (χ0v) is 14.6. The smallest absolute Gasteiger partial charge is 0.337 e. The number of anilines is 1. The second-order valence-corrected chi connectivity index (χ2v) is 5.57. The van der Waals surface area contributed by atoms with E-state index in [1.165, 1.54) is 7.11 Å². The normalized spacial score (nSPS) is 9.67. The third kappa shape index (κ3) is 4.80. The third-order valence-corrected chi connectivity index (χ3v) is 3.67. The van der Waals surface area contributed by atoms with E-state index >= 15 is 0 Å². The Labute approximate surface area is 157 Å². The fraction of sp³-hybridized carbons (Fsp3) is 0.0455. The van der Waals surface area contributed by atoms with Crippen LogP contribution in [0.2, 0.25) is 0 Å². The number of pyridine rings is 1. The van der Waals surface area contributed by atoms with Gasteiger partial charge in [-0.2, -0.15) is 0 Å². The lowest BCUT2D eigenvalue weighted by Gasteiger charge is -2.07. The SMILES string of the molecule is COC(=O)c1cccc(NC(=O)c2cccc(C#Cc3ccccn3)c2)c1. The molecule has 0 atom stereocenters. The predicted octanol–water partition coefficient (Wildman–Crippen LogP) is 3.52. The van der Waals surface area contributed by atoms with Gasteiger partial charge in [-0.1, -0.05) is 24.1 Å². The van der Waals surface area contributed by atoms with Crippen molar-refractivity contribution in [3.8, 4) is 11.8 Å². The number of hydrogen-bond donors (Lipinski definition) is 1. The Bertz CT molecular complexity index is 1030. The molecule has 5 heteroatoms. The minimum absolute atomic E-state index is 0.293. The van der Waals surface area contributed by atoms with Crippen LogP contribution in [0.1, 0.15) is 32.0 Å². The summed E-state index contributed by atoms with van der Waals surface area (Å²) in [6.45, 7) is 0. The molecule has 1 amide bonds. The molecule has 1 N–H and O–H groups in total. The summed E-state index contributed by atoms with van der Waals surface area (Å²) >= 11 is 0. The maximum atomic E-state index is 12.5. The molecule has 132 valence electrons. The lowest BCUT2D eigenvalue weighted by Crippen LogP contribution is -2.12. The number of nitrogens with zero attached hydrogens (tertiary/aromatic N) is 1. The number of rotatable bonds is 3. The second kappa shape index (κ2) is 8.45. The molecule has 0 bridgehead atoms. The molecule has 0 spiro atoms. The van der Waals surface area contributed by atoms with E-state index in [0.717, 1.165) is 0 Å². The Hall–Kier alpha value is -3.91. The van der Waals surface area contributed by atoms with Gasteiger partial charge < -0.3 is 10.1 Å². The maximum absolute atomic E-state index is 12.5. The second-order valence-electron chi connectivity index (χ2n) is 5.57. The van der Waals surface area contributed by atoms with Crippen LogP contribution in [0.25, 0.3) is 0 Å². The van der Waals surface area contributed by atoms with E-state index in [4.69, 9.17) is 0 Å². The van der Waals surface area contributed by atoms with Crippen LogP contribution < -0.4 is 5.32 Å². The van der Waals surface area contributed by atoms with Crippen LogP contribution in [0.5, 0.6) is 0 Å². The summed E-state index contributed by atoms with van der Waals surface area (Å²) in [7, 11) is 1.31. The van der Waals surface area contributed by atoms with Gasteiger partial charge in [0.1, 0.15) is 5.69 Å². The highest BCUT2D eigenvalue weighted by Crippen LogP contribution is 2.14. The molecule has 0 aliphatic rings. The molecule has 0 fully saturated rings. The van der Waals surface area contributed by atoms with Crippen molar-refractivity contribution in [2.75, 3.05) is 12.4 Å². The van der Waals surface area contributed by atoms with E-state index < -0.39 is 5.97 Å². The van der Waals surface area contributed by atoms with Crippen LogP contribution in [0.15, 0.2) is 72.9 Å². The molecule has 0 aliphatic carbocycles. The van der Waals surface area contributed by atoms with Crippen molar-refractivity contribution in [3.05, 3.63) is 95.3 Å². The van der Waals surface area contributed by atoms with Gasteiger partial charge in [0.25, 0.3) is 5.91 Å². The first-order chi connectivity index (χ1) is 13.2. The van der Waals surface area contributed by atoms with E-state index in [-0.39, 0.29) is 5.91 Å². The largest absolute Gasteiger partial charge is 0.465 e. The van der Waals surface area contributed by atoms with Gasteiger partial charge in [0.15, 0.2) is 0 Å². The number of aromatic nitrogens is 1. The van der Waals surface area contributed by atoms with Gasteiger partial charge in [-0.3, -0.25) is 4.79 Å². The van der Waals surface area contributed by atoms with Crippen LogP contribution in [0.4, 0.5) is 5.69 Å². The molecule has 3 rings (SSSR count). The minimum Gasteiger partial charge on any atom is -0.465 e. The highest BCUT2D eigenvalue weighted by Gasteiger charge is 2.09. The number of carbonyl (C=O) groups is 2. The fourth-order valence-electron chi connectivity index (χ4n) is 2.36. The van der Waals surface area contributed by atoms with Crippen LogP contribution >= 0.6 is 0 Å². The van der Waals surface area contributed by atoms with Gasteiger partial charge in [-0.25, -0.2) is 9.78 Å². The molecule has 1 heterocycles. The number of carbonyl (C=O) groups excluding carboxylic acids is 2. The molecule has 27 heavy (non-hydrogen) atoms. The molecular weight excluding hydrogens is 340 g/mol. The Kier molecular flexibility index (Phi) is 5.60. The predicted molar refractivity (Wildman–Crippen MR) is 102 cm³/mol. The highest BCUT2D eigenvalue weighted by molar-refractivity contribution is 6.05. The van der Waals surface area contributed by atoms with Crippen LogP contribution in [0.3, 0.4) is 0 Å². The first kappa shape index (κ1) is 17.9. The van der Waals surface area contributed by atoms with Gasteiger partial charge in [0, 0.05) is 23.0 Å². The van der Waals surface area contributed by atoms with Crippen LogP contribution in [0, 0.1) is 11.8 Å². The quantitative estimate of drug-likeness (QED) is 0.576.